The average Bonchev–Trinajstić information content (AvgIpc) is 2.70. The molecule has 0 fully saturated rings. The van der Waals surface area contributed by atoms with Crippen LogP contribution in [0.3, 0.4) is 0 Å². The van der Waals surface area contributed by atoms with Crippen LogP contribution < -0.4 is 0 Å². The molecule has 0 saturated carbocycles. The smallest absolute Gasteiger partial charge is 0.338 e. The largest absolute Gasteiger partial charge is 0.465 e. The van der Waals surface area contributed by atoms with E-state index in [0.29, 0.717) is 5.56 Å². The summed E-state index contributed by atoms with van der Waals surface area (Å²) in [5, 5.41) is 0.882. The fourth-order valence-corrected chi connectivity index (χ4v) is 2.02. The van der Waals surface area contributed by atoms with Gasteiger partial charge in [-0.05, 0) is 40.5 Å². The molecule has 0 bridgehead atoms. The third-order valence-corrected chi connectivity index (χ3v) is 3.29. The molecule has 4 heteroatoms. The van der Waals surface area contributed by atoms with Crippen molar-refractivity contribution >= 4 is 32.9 Å². The number of hydrogen-bond acceptors (Lipinski definition) is 3. The Bertz CT molecular complexity index is 528. The zero-order valence-corrected chi connectivity index (χ0v) is 9.92. The highest BCUT2D eigenvalue weighted by molar-refractivity contribution is 9.10. The number of benzene rings is 1. The van der Waals surface area contributed by atoms with E-state index in [9.17, 15) is 4.79 Å². The summed E-state index contributed by atoms with van der Waals surface area (Å²) in [6.07, 6.45) is 1.59. The normalized spacial score (nSPS) is 10.6. The van der Waals surface area contributed by atoms with Gasteiger partial charge in [-0.3, -0.25) is 0 Å². The van der Waals surface area contributed by atoms with Crippen molar-refractivity contribution in [2.75, 3.05) is 7.11 Å². The van der Waals surface area contributed by atoms with Gasteiger partial charge in [0.25, 0.3) is 0 Å². The summed E-state index contributed by atoms with van der Waals surface area (Å²) in [4.78, 5) is 11.5. The Morgan fingerprint density at radius 1 is 1.53 bits per heavy atom. The van der Waals surface area contributed by atoms with Crippen LogP contribution in [-0.4, -0.2) is 13.1 Å². The van der Waals surface area contributed by atoms with E-state index in [0.717, 1.165) is 21.0 Å². The molecule has 15 heavy (non-hydrogen) atoms. The second kappa shape index (κ2) is 3.70. The number of fused-ring (bicyclic) bond motifs is 1. The van der Waals surface area contributed by atoms with E-state index in [1.807, 2.05) is 13.0 Å². The van der Waals surface area contributed by atoms with Crippen molar-refractivity contribution in [1.29, 1.82) is 0 Å². The summed E-state index contributed by atoms with van der Waals surface area (Å²) >= 11 is 3.41. The molecule has 2 aromatic rings. The molecule has 0 aliphatic carbocycles. The van der Waals surface area contributed by atoms with Gasteiger partial charge in [0, 0.05) is 5.39 Å². The lowest BCUT2D eigenvalue weighted by Gasteiger charge is -2.06. The third kappa shape index (κ3) is 1.55. The van der Waals surface area contributed by atoms with Gasteiger partial charge >= 0.3 is 5.97 Å². The third-order valence-electron chi connectivity index (χ3n) is 2.33. The molecule has 1 aromatic carbocycles. The standard InChI is InChI=1S/C11H9BrO3/c1-6-8(11(13)14-2)5-7-3-4-15-10(7)9(6)12/h3-5H,1-2H3. The number of methoxy groups -OCH3 is 1. The monoisotopic (exact) mass is 268 g/mol. The highest BCUT2D eigenvalue weighted by atomic mass is 79.9. The number of rotatable bonds is 1. The van der Waals surface area contributed by atoms with E-state index in [1.54, 1.807) is 12.3 Å². The molecule has 0 spiro atoms. The van der Waals surface area contributed by atoms with Gasteiger partial charge < -0.3 is 9.15 Å². The average molecular weight is 269 g/mol. The van der Waals surface area contributed by atoms with Crippen LogP contribution in [0.2, 0.25) is 0 Å². The quantitative estimate of drug-likeness (QED) is 0.746. The van der Waals surface area contributed by atoms with Crippen LogP contribution in [0.25, 0.3) is 11.0 Å². The number of halogens is 1. The van der Waals surface area contributed by atoms with Crippen LogP contribution >= 0.6 is 15.9 Å². The van der Waals surface area contributed by atoms with Crippen LogP contribution in [0.15, 0.2) is 27.3 Å². The summed E-state index contributed by atoms with van der Waals surface area (Å²) in [5.74, 6) is -0.337. The SMILES string of the molecule is COC(=O)c1cc2ccoc2c(Br)c1C. The summed E-state index contributed by atoms with van der Waals surface area (Å²) in [7, 11) is 1.37. The minimum atomic E-state index is -0.337. The Labute approximate surface area is 95.1 Å². The fraction of sp³-hybridized carbons (Fsp3) is 0.182. The Hall–Kier alpha value is -1.29. The molecule has 2 rings (SSSR count). The Morgan fingerprint density at radius 2 is 2.27 bits per heavy atom. The molecule has 78 valence electrons. The first-order chi connectivity index (χ1) is 7.15. The lowest BCUT2D eigenvalue weighted by atomic mass is 10.1. The molecule has 0 N–H and O–H groups in total. The number of carbonyl (C=O) groups excluding carboxylic acids is 1. The van der Waals surface area contributed by atoms with Gasteiger partial charge in [-0.1, -0.05) is 0 Å². The van der Waals surface area contributed by atoms with Crippen molar-refractivity contribution in [2.24, 2.45) is 0 Å². The van der Waals surface area contributed by atoms with Crippen molar-refractivity contribution < 1.29 is 13.9 Å². The van der Waals surface area contributed by atoms with E-state index in [-0.39, 0.29) is 5.97 Å². The first-order valence-corrected chi connectivity index (χ1v) is 5.19. The number of hydrogen-bond donors (Lipinski definition) is 0. The van der Waals surface area contributed by atoms with Crippen molar-refractivity contribution in [2.45, 2.75) is 6.92 Å². The highest BCUT2D eigenvalue weighted by Crippen LogP contribution is 2.31. The second-order valence-corrected chi connectivity index (χ2v) is 3.99. The topological polar surface area (TPSA) is 39.4 Å². The van der Waals surface area contributed by atoms with Gasteiger partial charge in [-0.15, -0.1) is 0 Å². The van der Waals surface area contributed by atoms with Crippen molar-refractivity contribution in [3.8, 4) is 0 Å². The molecule has 0 atom stereocenters. The van der Waals surface area contributed by atoms with Crippen LogP contribution in [0.5, 0.6) is 0 Å². The van der Waals surface area contributed by atoms with Crippen molar-refractivity contribution in [3.63, 3.8) is 0 Å². The van der Waals surface area contributed by atoms with Gasteiger partial charge in [0.05, 0.1) is 23.4 Å². The molecule has 0 unspecified atom stereocenters. The van der Waals surface area contributed by atoms with Crippen molar-refractivity contribution in [3.05, 3.63) is 34.0 Å². The Morgan fingerprint density at radius 3 is 2.93 bits per heavy atom. The highest BCUT2D eigenvalue weighted by Gasteiger charge is 2.15. The maximum absolute atomic E-state index is 11.5. The minimum Gasteiger partial charge on any atom is -0.465 e. The predicted octanol–water partition coefficient (Wildman–Crippen LogP) is 3.29. The molecule has 3 nitrogen and oxygen atoms in total. The zero-order valence-electron chi connectivity index (χ0n) is 8.33. The van der Waals surface area contributed by atoms with Crippen LogP contribution in [0.4, 0.5) is 0 Å². The van der Waals surface area contributed by atoms with E-state index < -0.39 is 0 Å². The van der Waals surface area contributed by atoms with E-state index >= 15 is 0 Å². The van der Waals surface area contributed by atoms with E-state index in [4.69, 9.17) is 9.15 Å². The molecule has 0 aliphatic heterocycles. The Balaban J connectivity index is 2.75. The number of carbonyl (C=O) groups is 1. The summed E-state index contributed by atoms with van der Waals surface area (Å²) < 4.78 is 10.8. The lowest BCUT2D eigenvalue weighted by molar-refractivity contribution is 0.0600. The van der Waals surface area contributed by atoms with Crippen LogP contribution in [0.1, 0.15) is 15.9 Å². The fourth-order valence-electron chi connectivity index (χ4n) is 1.49. The molecule has 1 aromatic heterocycles. The maximum atomic E-state index is 11.5. The second-order valence-electron chi connectivity index (χ2n) is 3.19. The molecule has 0 amide bonds. The lowest BCUT2D eigenvalue weighted by Crippen LogP contribution is -2.04. The maximum Gasteiger partial charge on any atom is 0.338 e. The molecular formula is C11H9BrO3. The van der Waals surface area contributed by atoms with Crippen LogP contribution in [-0.2, 0) is 4.74 Å². The van der Waals surface area contributed by atoms with Gasteiger partial charge in [0.2, 0.25) is 0 Å². The van der Waals surface area contributed by atoms with E-state index in [1.165, 1.54) is 7.11 Å². The Kier molecular flexibility index (Phi) is 2.52. The summed E-state index contributed by atoms with van der Waals surface area (Å²) in [6, 6.07) is 3.58. The summed E-state index contributed by atoms with van der Waals surface area (Å²) in [5.41, 5.74) is 2.13. The number of esters is 1. The van der Waals surface area contributed by atoms with Gasteiger partial charge in [0.1, 0.15) is 5.58 Å². The zero-order chi connectivity index (χ0) is 11.0. The molecule has 0 radical (unpaired) electrons. The first-order valence-electron chi connectivity index (χ1n) is 4.39. The first kappa shape index (κ1) is 10.2. The number of furan rings is 1. The van der Waals surface area contributed by atoms with Crippen molar-refractivity contribution in [1.82, 2.24) is 0 Å². The predicted molar refractivity (Wildman–Crippen MR) is 60.0 cm³/mol. The molecule has 0 saturated heterocycles. The molecular weight excluding hydrogens is 260 g/mol. The van der Waals surface area contributed by atoms with E-state index in [2.05, 4.69) is 15.9 Å². The van der Waals surface area contributed by atoms with Gasteiger partial charge in [0.15, 0.2) is 0 Å². The van der Waals surface area contributed by atoms with Crippen LogP contribution in [0, 0.1) is 6.92 Å². The van der Waals surface area contributed by atoms with Gasteiger partial charge in [-0.2, -0.15) is 0 Å². The number of ether oxygens (including phenoxy) is 1. The minimum absolute atomic E-state index is 0.337. The molecule has 1 heterocycles. The summed E-state index contributed by atoms with van der Waals surface area (Å²) in [6.45, 7) is 1.85. The molecule has 0 aliphatic rings. The van der Waals surface area contributed by atoms with Gasteiger partial charge in [-0.25, -0.2) is 4.79 Å².